The Kier molecular flexibility index (Phi) is 5.92. The van der Waals surface area contributed by atoms with Crippen LogP contribution in [0.15, 0.2) is 41.3 Å². The smallest absolute Gasteiger partial charge is 0.261 e. The number of ether oxygens (including phenoxy) is 1. The summed E-state index contributed by atoms with van der Waals surface area (Å²) in [4.78, 5) is 0.136. The SMILES string of the molecule is CCOc1ccc(S(=O)(=O)Nc2cc(Cl)ccc2Cl)cc1C(C)(C)C. The molecule has 0 saturated heterocycles. The predicted molar refractivity (Wildman–Crippen MR) is 104 cm³/mol. The molecule has 2 aromatic rings. The van der Waals surface area contributed by atoms with Crippen molar-refractivity contribution in [1.29, 1.82) is 0 Å². The second-order valence-electron chi connectivity index (χ2n) is 6.57. The Morgan fingerprint density at radius 3 is 2.36 bits per heavy atom. The Morgan fingerprint density at radius 1 is 1.08 bits per heavy atom. The average Bonchev–Trinajstić information content (AvgIpc) is 2.50. The van der Waals surface area contributed by atoms with Crippen LogP contribution < -0.4 is 9.46 Å². The molecule has 0 spiro atoms. The second-order valence-corrected chi connectivity index (χ2v) is 9.10. The minimum atomic E-state index is -3.82. The molecule has 0 bridgehead atoms. The van der Waals surface area contributed by atoms with Gasteiger partial charge in [-0.05, 0) is 48.7 Å². The van der Waals surface area contributed by atoms with Crippen LogP contribution in [-0.4, -0.2) is 15.0 Å². The van der Waals surface area contributed by atoms with Gasteiger partial charge in [0.25, 0.3) is 10.0 Å². The Balaban J connectivity index is 2.47. The highest BCUT2D eigenvalue weighted by molar-refractivity contribution is 7.92. The molecule has 0 amide bonds. The first kappa shape index (κ1) is 19.9. The number of sulfonamides is 1. The van der Waals surface area contributed by atoms with Crippen molar-refractivity contribution in [1.82, 2.24) is 0 Å². The van der Waals surface area contributed by atoms with Crippen LogP contribution >= 0.6 is 23.2 Å². The Hall–Kier alpha value is -1.43. The lowest BCUT2D eigenvalue weighted by Crippen LogP contribution is -2.17. The first-order valence-electron chi connectivity index (χ1n) is 7.80. The average molecular weight is 402 g/mol. The standard InChI is InChI=1S/C18H21Cl2NO3S/c1-5-24-17-9-7-13(11-14(17)18(2,3)4)25(22,23)21-16-10-12(19)6-8-15(16)20/h6-11,21H,5H2,1-4H3. The van der Waals surface area contributed by atoms with Crippen LogP contribution in [0.25, 0.3) is 0 Å². The van der Waals surface area contributed by atoms with E-state index in [1.807, 2.05) is 27.7 Å². The molecular weight excluding hydrogens is 381 g/mol. The molecule has 7 heteroatoms. The van der Waals surface area contributed by atoms with Gasteiger partial charge in [0.1, 0.15) is 5.75 Å². The lowest BCUT2D eigenvalue weighted by molar-refractivity contribution is 0.329. The third kappa shape index (κ3) is 4.81. The minimum Gasteiger partial charge on any atom is -0.494 e. The van der Waals surface area contributed by atoms with E-state index in [0.29, 0.717) is 17.4 Å². The maximum absolute atomic E-state index is 12.8. The van der Waals surface area contributed by atoms with Crippen LogP contribution in [0.1, 0.15) is 33.3 Å². The molecule has 2 aromatic carbocycles. The Labute approximate surface area is 159 Å². The minimum absolute atomic E-state index is 0.136. The molecular formula is C18H21Cl2NO3S. The van der Waals surface area contributed by atoms with Crippen molar-refractivity contribution in [2.24, 2.45) is 0 Å². The van der Waals surface area contributed by atoms with Gasteiger partial charge >= 0.3 is 0 Å². The van der Waals surface area contributed by atoms with Gasteiger partial charge in [-0.3, -0.25) is 4.72 Å². The number of rotatable bonds is 5. The molecule has 0 aliphatic heterocycles. The third-order valence-electron chi connectivity index (χ3n) is 3.54. The van der Waals surface area contributed by atoms with Crippen LogP contribution in [0, 0.1) is 0 Å². The number of nitrogens with one attached hydrogen (secondary N) is 1. The highest BCUT2D eigenvalue weighted by atomic mass is 35.5. The van der Waals surface area contributed by atoms with Gasteiger partial charge in [0.15, 0.2) is 0 Å². The first-order valence-corrected chi connectivity index (χ1v) is 10.0. The second kappa shape index (κ2) is 7.44. The quantitative estimate of drug-likeness (QED) is 0.720. The zero-order valence-electron chi connectivity index (χ0n) is 14.6. The monoisotopic (exact) mass is 401 g/mol. The first-order chi connectivity index (χ1) is 11.5. The van der Waals surface area contributed by atoms with Crippen molar-refractivity contribution in [3.05, 3.63) is 52.0 Å². The van der Waals surface area contributed by atoms with E-state index in [1.54, 1.807) is 24.3 Å². The molecule has 0 atom stereocenters. The van der Waals surface area contributed by atoms with Crippen LogP contribution in [0.4, 0.5) is 5.69 Å². The molecule has 4 nitrogen and oxygen atoms in total. The zero-order valence-corrected chi connectivity index (χ0v) is 16.9. The largest absolute Gasteiger partial charge is 0.494 e. The van der Waals surface area contributed by atoms with Crippen molar-refractivity contribution >= 4 is 38.9 Å². The summed E-state index contributed by atoms with van der Waals surface area (Å²) < 4.78 is 33.6. The summed E-state index contributed by atoms with van der Waals surface area (Å²) in [6, 6.07) is 9.43. The van der Waals surface area contributed by atoms with E-state index in [0.717, 1.165) is 5.56 Å². The van der Waals surface area contributed by atoms with E-state index < -0.39 is 10.0 Å². The summed E-state index contributed by atoms with van der Waals surface area (Å²) in [7, 11) is -3.82. The normalized spacial score (nSPS) is 12.1. The van der Waals surface area contributed by atoms with Crippen molar-refractivity contribution in [3.63, 3.8) is 0 Å². The van der Waals surface area contributed by atoms with Gasteiger partial charge in [0, 0.05) is 10.6 Å². The van der Waals surface area contributed by atoms with Gasteiger partial charge in [-0.15, -0.1) is 0 Å². The van der Waals surface area contributed by atoms with Gasteiger partial charge in [-0.1, -0.05) is 44.0 Å². The van der Waals surface area contributed by atoms with E-state index in [1.165, 1.54) is 12.1 Å². The third-order valence-corrected chi connectivity index (χ3v) is 5.47. The molecule has 136 valence electrons. The Bertz CT molecular complexity index is 874. The molecule has 25 heavy (non-hydrogen) atoms. The van der Waals surface area contributed by atoms with E-state index in [4.69, 9.17) is 27.9 Å². The van der Waals surface area contributed by atoms with Crippen LogP contribution in [-0.2, 0) is 15.4 Å². The number of hydrogen-bond acceptors (Lipinski definition) is 3. The number of benzene rings is 2. The fourth-order valence-corrected chi connectivity index (χ4v) is 3.81. The van der Waals surface area contributed by atoms with Gasteiger partial charge in [0.05, 0.1) is 22.2 Å². The van der Waals surface area contributed by atoms with E-state index in [2.05, 4.69) is 4.72 Å². The predicted octanol–water partition coefficient (Wildman–Crippen LogP) is 5.49. The zero-order chi connectivity index (χ0) is 18.8. The number of anilines is 1. The van der Waals surface area contributed by atoms with Crippen molar-refractivity contribution < 1.29 is 13.2 Å². The Morgan fingerprint density at radius 2 is 1.76 bits per heavy atom. The summed E-state index contributed by atoms with van der Waals surface area (Å²) >= 11 is 12.0. The summed E-state index contributed by atoms with van der Waals surface area (Å²) in [6.07, 6.45) is 0. The molecule has 0 saturated carbocycles. The molecule has 0 aliphatic rings. The molecule has 0 unspecified atom stereocenters. The molecule has 2 rings (SSSR count). The van der Waals surface area contributed by atoms with Crippen LogP contribution in [0.2, 0.25) is 10.0 Å². The van der Waals surface area contributed by atoms with Crippen LogP contribution in [0.3, 0.4) is 0 Å². The summed E-state index contributed by atoms with van der Waals surface area (Å²) in [5.41, 5.74) is 0.777. The highest BCUT2D eigenvalue weighted by Gasteiger charge is 2.24. The molecule has 0 aliphatic carbocycles. The topological polar surface area (TPSA) is 55.4 Å². The fourth-order valence-electron chi connectivity index (χ4n) is 2.32. The van der Waals surface area contributed by atoms with Crippen LogP contribution in [0.5, 0.6) is 5.75 Å². The van der Waals surface area contributed by atoms with Gasteiger partial charge in [-0.2, -0.15) is 0 Å². The molecule has 0 aromatic heterocycles. The maximum Gasteiger partial charge on any atom is 0.261 e. The highest BCUT2D eigenvalue weighted by Crippen LogP contribution is 2.34. The van der Waals surface area contributed by atoms with Crippen molar-refractivity contribution in [2.75, 3.05) is 11.3 Å². The number of hydrogen-bond donors (Lipinski definition) is 1. The van der Waals surface area contributed by atoms with E-state index >= 15 is 0 Å². The fraction of sp³-hybridized carbons (Fsp3) is 0.333. The molecule has 0 fully saturated rings. The van der Waals surface area contributed by atoms with Crippen molar-refractivity contribution in [2.45, 2.75) is 38.0 Å². The molecule has 0 radical (unpaired) electrons. The lowest BCUT2D eigenvalue weighted by atomic mass is 9.86. The van der Waals surface area contributed by atoms with Gasteiger partial charge in [-0.25, -0.2) is 8.42 Å². The van der Waals surface area contributed by atoms with Crippen molar-refractivity contribution in [3.8, 4) is 5.75 Å². The lowest BCUT2D eigenvalue weighted by Gasteiger charge is -2.23. The van der Waals surface area contributed by atoms with Gasteiger partial charge in [0.2, 0.25) is 0 Å². The van der Waals surface area contributed by atoms with E-state index in [-0.39, 0.29) is 21.0 Å². The maximum atomic E-state index is 12.8. The summed E-state index contributed by atoms with van der Waals surface area (Å²) in [5, 5.41) is 0.666. The molecule has 1 N–H and O–H groups in total. The van der Waals surface area contributed by atoms with Gasteiger partial charge < -0.3 is 4.74 Å². The number of halogens is 2. The van der Waals surface area contributed by atoms with E-state index in [9.17, 15) is 8.42 Å². The summed E-state index contributed by atoms with van der Waals surface area (Å²) in [5.74, 6) is 0.676. The summed E-state index contributed by atoms with van der Waals surface area (Å²) in [6.45, 7) is 8.40. The molecule has 0 heterocycles.